The fourth-order valence-electron chi connectivity index (χ4n) is 1.70. The first-order chi connectivity index (χ1) is 6.83. The summed E-state index contributed by atoms with van der Waals surface area (Å²) in [6, 6.07) is 5.85. The molecule has 0 fully saturated rings. The molecule has 0 spiro atoms. The number of fused-ring (bicyclic) bond motifs is 1. The molecular formula is C12H13NO. The number of benzene rings is 1. The number of nitrogens with two attached hydrogens (primary N) is 1. The van der Waals surface area contributed by atoms with Gasteiger partial charge in [-0.05, 0) is 36.6 Å². The predicted octanol–water partition coefficient (Wildman–Crippen LogP) is 1.32. The van der Waals surface area contributed by atoms with E-state index < -0.39 is 0 Å². The molecule has 1 atom stereocenters. The summed E-state index contributed by atoms with van der Waals surface area (Å²) in [5, 5.41) is 0. The number of ether oxygens (including phenoxy) is 1. The lowest BCUT2D eigenvalue weighted by Crippen LogP contribution is -2.30. The van der Waals surface area contributed by atoms with Crippen molar-refractivity contribution in [1.29, 1.82) is 0 Å². The molecule has 0 saturated carbocycles. The van der Waals surface area contributed by atoms with Gasteiger partial charge in [-0.25, -0.2) is 0 Å². The van der Waals surface area contributed by atoms with Crippen molar-refractivity contribution in [2.75, 3.05) is 6.54 Å². The highest BCUT2D eigenvalue weighted by Gasteiger charge is 2.18. The average Bonchev–Trinajstić information content (AvgIpc) is 2.27. The quantitative estimate of drug-likeness (QED) is 0.673. The summed E-state index contributed by atoms with van der Waals surface area (Å²) >= 11 is 0. The van der Waals surface area contributed by atoms with Crippen molar-refractivity contribution >= 4 is 0 Å². The van der Waals surface area contributed by atoms with Gasteiger partial charge in [0.15, 0.2) is 0 Å². The molecule has 0 saturated heterocycles. The van der Waals surface area contributed by atoms with Crippen LogP contribution in [0.25, 0.3) is 0 Å². The summed E-state index contributed by atoms with van der Waals surface area (Å²) < 4.78 is 5.69. The van der Waals surface area contributed by atoms with Crippen LogP contribution >= 0.6 is 0 Å². The Morgan fingerprint density at radius 3 is 3.14 bits per heavy atom. The molecule has 1 aromatic rings. The van der Waals surface area contributed by atoms with Gasteiger partial charge in [-0.15, -0.1) is 6.42 Å². The number of aryl methyl sites for hydroxylation is 1. The molecule has 1 unspecified atom stereocenters. The van der Waals surface area contributed by atoms with Crippen LogP contribution in [0.4, 0.5) is 0 Å². The Hall–Kier alpha value is -1.46. The molecule has 1 heterocycles. The van der Waals surface area contributed by atoms with Gasteiger partial charge in [0.1, 0.15) is 11.9 Å². The van der Waals surface area contributed by atoms with E-state index in [0.717, 1.165) is 24.2 Å². The van der Waals surface area contributed by atoms with Gasteiger partial charge in [0, 0.05) is 12.1 Å². The van der Waals surface area contributed by atoms with E-state index in [2.05, 4.69) is 5.92 Å². The second-order valence-corrected chi connectivity index (χ2v) is 3.48. The van der Waals surface area contributed by atoms with Gasteiger partial charge in [-0.3, -0.25) is 0 Å². The third-order valence-corrected chi connectivity index (χ3v) is 2.52. The summed E-state index contributed by atoms with van der Waals surface area (Å²) in [6.45, 7) is 0.580. The minimum absolute atomic E-state index is 0.166. The van der Waals surface area contributed by atoms with Crippen LogP contribution in [0.1, 0.15) is 17.5 Å². The second kappa shape index (κ2) is 3.73. The van der Waals surface area contributed by atoms with E-state index in [1.165, 1.54) is 5.56 Å². The van der Waals surface area contributed by atoms with Gasteiger partial charge in [0.05, 0.1) is 0 Å². The molecule has 1 aromatic carbocycles. The standard InChI is InChI=1S/C12H13NO/c1-2-9-3-6-12-10(7-9)4-5-11(8-13)14-12/h1,3,6-7,11H,4-5,8,13H2. The fraction of sp³-hybridized carbons (Fsp3) is 0.333. The fourth-order valence-corrected chi connectivity index (χ4v) is 1.70. The zero-order chi connectivity index (χ0) is 9.97. The first kappa shape index (κ1) is 9.11. The summed E-state index contributed by atoms with van der Waals surface area (Å²) in [7, 11) is 0. The Bertz CT molecular complexity index is 378. The molecule has 72 valence electrons. The molecule has 0 aliphatic carbocycles. The van der Waals surface area contributed by atoms with Gasteiger partial charge in [0.2, 0.25) is 0 Å². The predicted molar refractivity (Wildman–Crippen MR) is 56.2 cm³/mol. The van der Waals surface area contributed by atoms with E-state index in [4.69, 9.17) is 16.9 Å². The molecule has 2 N–H and O–H groups in total. The molecule has 2 rings (SSSR count). The zero-order valence-electron chi connectivity index (χ0n) is 7.99. The van der Waals surface area contributed by atoms with Crippen LogP contribution in [-0.4, -0.2) is 12.6 Å². The Morgan fingerprint density at radius 1 is 1.57 bits per heavy atom. The molecular weight excluding hydrogens is 174 g/mol. The Balaban J connectivity index is 2.29. The first-order valence-corrected chi connectivity index (χ1v) is 4.79. The molecule has 0 aromatic heterocycles. The molecule has 1 aliphatic heterocycles. The van der Waals surface area contributed by atoms with Gasteiger partial charge in [-0.2, -0.15) is 0 Å². The summed E-state index contributed by atoms with van der Waals surface area (Å²) in [4.78, 5) is 0. The van der Waals surface area contributed by atoms with Gasteiger partial charge in [0.25, 0.3) is 0 Å². The highest BCUT2D eigenvalue weighted by Crippen LogP contribution is 2.27. The van der Waals surface area contributed by atoms with Crippen LogP contribution < -0.4 is 10.5 Å². The van der Waals surface area contributed by atoms with E-state index in [-0.39, 0.29) is 6.10 Å². The van der Waals surface area contributed by atoms with E-state index in [0.29, 0.717) is 6.54 Å². The second-order valence-electron chi connectivity index (χ2n) is 3.48. The average molecular weight is 187 g/mol. The van der Waals surface area contributed by atoms with E-state index in [9.17, 15) is 0 Å². The van der Waals surface area contributed by atoms with Crippen molar-refractivity contribution in [3.05, 3.63) is 29.3 Å². The van der Waals surface area contributed by atoms with Crippen LogP contribution in [0.2, 0.25) is 0 Å². The normalized spacial score (nSPS) is 19.3. The van der Waals surface area contributed by atoms with Crippen LogP contribution in [0, 0.1) is 12.3 Å². The molecule has 14 heavy (non-hydrogen) atoms. The van der Waals surface area contributed by atoms with Gasteiger partial charge < -0.3 is 10.5 Å². The number of terminal acetylenes is 1. The highest BCUT2D eigenvalue weighted by atomic mass is 16.5. The maximum Gasteiger partial charge on any atom is 0.123 e. The van der Waals surface area contributed by atoms with Crippen LogP contribution in [0.3, 0.4) is 0 Å². The number of rotatable bonds is 1. The third kappa shape index (κ3) is 1.59. The SMILES string of the molecule is C#Cc1ccc2c(c1)CCC(CN)O2. The van der Waals surface area contributed by atoms with Crippen LogP contribution in [0.5, 0.6) is 5.75 Å². The van der Waals surface area contributed by atoms with Crippen molar-refractivity contribution in [3.8, 4) is 18.1 Å². The molecule has 2 heteroatoms. The zero-order valence-corrected chi connectivity index (χ0v) is 7.99. The molecule has 0 radical (unpaired) electrons. The van der Waals surface area contributed by atoms with E-state index in [1.54, 1.807) is 0 Å². The first-order valence-electron chi connectivity index (χ1n) is 4.79. The number of hydrogen-bond donors (Lipinski definition) is 1. The van der Waals surface area contributed by atoms with E-state index in [1.807, 2.05) is 18.2 Å². The minimum Gasteiger partial charge on any atom is -0.489 e. The van der Waals surface area contributed by atoms with Crippen molar-refractivity contribution in [2.45, 2.75) is 18.9 Å². The summed E-state index contributed by atoms with van der Waals surface area (Å²) in [6.07, 6.45) is 7.48. The monoisotopic (exact) mass is 187 g/mol. The lowest BCUT2D eigenvalue weighted by Gasteiger charge is -2.25. The Labute approximate surface area is 84.1 Å². The Morgan fingerprint density at radius 2 is 2.43 bits per heavy atom. The lowest BCUT2D eigenvalue weighted by atomic mass is 10.0. The van der Waals surface area contributed by atoms with Crippen molar-refractivity contribution in [1.82, 2.24) is 0 Å². The van der Waals surface area contributed by atoms with Gasteiger partial charge >= 0.3 is 0 Å². The number of hydrogen-bond acceptors (Lipinski definition) is 2. The molecule has 0 bridgehead atoms. The molecule has 1 aliphatic rings. The smallest absolute Gasteiger partial charge is 0.123 e. The van der Waals surface area contributed by atoms with Crippen molar-refractivity contribution in [2.24, 2.45) is 5.73 Å². The largest absolute Gasteiger partial charge is 0.489 e. The topological polar surface area (TPSA) is 35.2 Å². The maximum absolute atomic E-state index is 5.69. The lowest BCUT2D eigenvalue weighted by molar-refractivity contribution is 0.181. The molecule has 0 amide bonds. The molecule has 2 nitrogen and oxygen atoms in total. The van der Waals surface area contributed by atoms with Crippen LogP contribution in [-0.2, 0) is 6.42 Å². The van der Waals surface area contributed by atoms with Crippen molar-refractivity contribution in [3.63, 3.8) is 0 Å². The van der Waals surface area contributed by atoms with E-state index >= 15 is 0 Å². The maximum atomic E-state index is 5.69. The highest BCUT2D eigenvalue weighted by molar-refractivity contribution is 5.44. The van der Waals surface area contributed by atoms with Crippen LogP contribution in [0.15, 0.2) is 18.2 Å². The Kier molecular flexibility index (Phi) is 2.43. The minimum atomic E-state index is 0.166. The summed E-state index contributed by atoms with van der Waals surface area (Å²) in [5.41, 5.74) is 7.67. The van der Waals surface area contributed by atoms with Crippen molar-refractivity contribution < 1.29 is 4.74 Å². The van der Waals surface area contributed by atoms with Gasteiger partial charge in [-0.1, -0.05) is 5.92 Å². The third-order valence-electron chi connectivity index (χ3n) is 2.52. The summed E-state index contributed by atoms with van der Waals surface area (Å²) in [5.74, 6) is 3.56.